The van der Waals surface area contributed by atoms with E-state index in [9.17, 15) is 18.0 Å². The fourth-order valence-corrected chi connectivity index (χ4v) is 4.37. The molecule has 0 spiro atoms. The van der Waals surface area contributed by atoms with Crippen LogP contribution in [0.2, 0.25) is 0 Å². The Hall–Kier alpha value is -3.16. The third-order valence-corrected chi connectivity index (χ3v) is 6.34. The average molecular weight is 468 g/mol. The molecule has 7 heteroatoms. The van der Waals surface area contributed by atoms with Gasteiger partial charge in [-0.25, -0.2) is 13.2 Å². The van der Waals surface area contributed by atoms with Gasteiger partial charge in [0.25, 0.3) is 0 Å². The Morgan fingerprint density at radius 2 is 1.56 bits per heavy atom. The molecular formula is C27H28F3N3O. The van der Waals surface area contributed by atoms with Gasteiger partial charge in [0.05, 0.1) is 6.04 Å². The standard InChI is InChI=1S/C27H28F3N3O/c1-19(27(34)31-25-4-2-3-24(30)16-25)32-13-14-33(17-21-7-11-23(29)12-8-21)26(18-32)15-20-5-9-22(28)10-6-20/h2-12,16,19,26H,13-15,17-18H2,1H3,(H,31,34). The lowest BCUT2D eigenvalue weighted by Gasteiger charge is -2.43. The fourth-order valence-electron chi connectivity index (χ4n) is 4.37. The summed E-state index contributed by atoms with van der Waals surface area (Å²) in [5, 5.41) is 2.80. The molecule has 3 aromatic carbocycles. The van der Waals surface area contributed by atoms with E-state index in [2.05, 4.69) is 15.1 Å². The van der Waals surface area contributed by atoms with Crippen LogP contribution < -0.4 is 5.32 Å². The number of amides is 1. The lowest BCUT2D eigenvalue weighted by Crippen LogP contribution is -2.57. The van der Waals surface area contributed by atoms with E-state index in [0.717, 1.165) is 17.7 Å². The van der Waals surface area contributed by atoms with E-state index in [4.69, 9.17) is 0 Å². The minimum atomic E-state index is -0.410. The number of hydrogen-bond donors (Lipinski definition) is 1. The van der Waals surface area contributed by atoms with Crippen LogP contribution in [0.3, 0.4) is 0 Å². The molecule has 0 aromatic heterocycles. The molecule has 0 bridgehead atoms. The topological polar surface area (TPSA) is 35.6 Å². The lowest BCUT2D eigenvalue weighted by atomic mass is 10.00. The van der Waals surface area contributed by atoms with Crippen LogP contribution in [0.15, 0.2) is 72.8 Å². The van der Waals surface area contributed by atoms with Crippen LogP contribution in [0.1, 0.15) is 18.1 Å². The van der Waals surface area contributed by atoms with Crippen LogP contribution >= 0.6 is 0 Å². The number of rotatable bonds is 7. The monoisotopic (exact) mass is 467 g/mol. The smallest absolute Gasteiger partial charge is 0.241 e. The molecule has 178 valence electrons. The highest BCUT2D eigenvalue weighted by Gasteiger charge is 2.32. The van der Waals surface area contributed by atoms with Crippen LogP contribution in [-0.4, -0.2) is 47.4 Å². The Balaban J connectivity index is 1.47. The Bertz CT molecular complexity index is 1100. The summed E-state index contributed by atoms with van der Waals surface area (Å²) >= 11 is 0. The molecule has 1 amide bonds. The van der Waals surface area contributed by atoms with Gasteiger partial charge in [-0.3, -0.25) is 14.6 Å². The summed E-state index contributed by atoms with van der Waals surface area (Å²) in [4.78, 5) is 17.3. The maximum Gasteiger partial charge on any atom is 0.241 e. The summed E-state index contributed by atoms with van der Waals surface area (Å²) in [5.41, 5.74) is 2.44. The van der Waals surface area contributed by atoms with E-state index in [1.54, 1.807) is 36.4 Å². The summed E-state index contributed by atoms with van der Waals surface area (Å²) in [7, 11) is 0. The zero-order valence-corrected chi connectivity index (χ0v) is 19.1. The molecule has 0 radical (unpaired) electrons. The molecule has 2 atom stereocenters. The minimum absolute atomic E-state index is 0.0775. The molecule has 4 rings (SSSR count). The predicted molar refractivity (Wildman–Crippen MR) is 127 cm³/mol. The first-order valence-corrected chi connectivity index (χ1v) is 11.4. The predicted octanol–water partition coefficient (Wildman–Crippen LogP) is 4.86. The first-order valence-electron chi connectivity index (χ1n) is 11.4. The van der Waals surface area contributed by atoms with Crippen LogP contribution in [-0.2, 0) is 17.8 Å². The van der Waals surface area contributed by atoms with Crippen LogP contribution in [0, 0.1) is 17.5 Å². The summed E-state index contributed by atoms with van der Waals surface area (Å²) in [6.45, 7) is 4.54. The zero-order valence-electron chi connectivity index (χ0n) is 19.1. The quantitative estimate of drug-likeness (QED) is 0.539. The highest BCUT2D eigenvalue weighted by atomic mass is 19.1. The number of halogens is 3. The molecule has 3 aromatic rings. The van der Waals surface area contributed by atoms with Crippen LogP contribution in [0.4, 0.5) is 18.9 Å². The van der Waals surface area contributed by atoms with E-state index in [1.165, 1.54) is 36.4 Å². The van der Waals surface area contributed by atoms with E-state index < -0.39 is 11.9 Å². The minimum Gasteiger partial charge on any atom is -0.325 e. The van der Waals surface area contributed by atoms with Gasteiger partial charge >= 0.3 is 0 Å². The van der Waals surface area contributed by atoms with Gasteiger partial charge in [0.15, 0.2) is 0 Å². The van der Waals surface area contributed by atoms with Gasteiger partial charge in [-0.2, -0.15) is 0 Å². The maximum atomic E-state index is 13.5. The summed E-state index contributed by atoms with van der Waals surface area (Å²) in [6, 6.07) is 18.5. The molecule has 4 nitrogen and oxygen atoms in total. The van der Waals surface area contributed by atoms with Crippen LogP contribution in [0.25, 0.3) is 0 Å². The second kappa shape index (κ2) is 10.8. The first kappa shape index (κ1) is 24.0. The zero-order chi connectivity index (χ0) is 24.1. The van der Waals surface area contributed by atoms with Crippen molar-refractivity contribution in [3.8, 4) is 0 Å². The number of benzene rings is 3. The Morgan fingerprint density at radius 1 is 0.912 bits per heavy atom. The van der Waals surface area contributed by atoms with Crippen molar-refractivity contribution in [2.75, 3.05) is 25.0 Å². The SMILES string of the molecule is CC(C(=O)Nc1cccc(F)c1)N1CCN(Cc2ccc(F)cc2)C(Cc2ccc(F)cc2)C1. The fraction of sp³-hybridized carbons (Fsp3) is 0.296. The molecule has 0 saturated carbocycles. The molecule has 0 aliphatic carbocycles. The van der Waals surface area contributed by atoms with E-state index >= 15 is 0 Å². The third-order valence-electron chi connectivity index (χ3n) is 6.34. The van der Waals surface area contributed by atoms with Crippen molar-refractivity contribution in [2.45, 2.75) is 32.0 Å². The van der Waals surface area contributed by atoms with E-state index in [0.29, 0.717) is 31.7 Å². The van der Waals surface area contributed by atoms with Crippen molar-refractivity contribution in [3.63, 3.8) is 0 Å². The molecule has 1 N–H and O–H groups in total. The first-order chi connectivity index (χ1) is 16.4. The van der Waals surface area contributed by atoms with Crippen molar-refractivity contribution < 1.29 is 18.0 Å². The van der Waals surface area contributed by atoms with Gasteiger partial charge in [-0.05, 0) is 66.9 Å². The Labute approximate surface area is 198 Å². The molecule has 1 heterocycles. The Morgan fingerprint density at radius 3 is 2.21 bits per heavy atom. The highest BCUT2D eigenvalue weighted by molar-refractivity contribution is 5.94. The largest absolute Gasteiger partial charge is 0.325 e. The second-order valence-corrected chi connectivity index (χ2v) is 8.75. The van der Waals surface area contributed by atoms with Crippen molar-refractivity contribution in [1.29, 1.82) is 0 Å². The second-order valence-electron chi connectivity index (χ2n) is 8.75. The number of carbonyl (C=O) groups is 1. The summed E-state index contributed by atoms with van der Waals surface area (Å²) in [6.07, 6.45) is 0.691. The molecule has 34 heavy (non-hydrogen) atoms. The number of hydrogen-bond acceptors (Lipinski definition) is 3. The molecule has 1 fully saturated rings. The van der Waals surface area contributed by atoms with Crippen molar-refractivity contribution in [3.05, 3.63) is 101 Å². The molecule has 1 aliphatic heterocycles. The molecular weight excluding hydrogens is 439 g/mol. The molecule has 1 saturated heterocycles. The Kier molecular flexibility index (Phi) is 7.65. The van der Waals surface area contributed by atoms with Crippen molar-refractivity contribution in [1.82, 2.24) is 9.80 Å². The third kappa shape index (κ3) is 6.24. The summed E-state index contributed by atoms with van der Waals surface area (Å²) in [5.74, 6) is -1.15. The normalized spacial score (nSPS) is 17.9. The van der Waals surface area contributed by atoms with Gasteiger partial charge in [0.1, 0.15) is 17.5 Å². The lowest BCUT2D eigenvalue weighted by molar-refractivity contribution is -0.122. The van der Waals surface area contributed by atoms with Crippen molar-refractivity contribution in [2.24, 2.45) is 0 Å². The van der Waals surface area contributed by atoms with E-state index in [1.807, 2.05) is 6.92 Å². The van der Waals surface area contributed by atoms with Gasteiger partial charge in [-0.15, -0.1) is 0 Å². The van der Waals surface area contributed by atoms with Gasteiger partial charge in [0.2, 0.25) is 5.91 Å². The number of nitrogens with one attached hydrogen (secondary N) is 1. The number of piperazine rings is 1. The van der Waals surface area contributed by atoms with Gasteiger partial charge in [-0.1, -0.05) is 30.3 Å². The van der Waals surface area contributed by atoms with Gasteiger partial charge in [0, 0.05) is 37.9 Å². The highest BCUT2D eigenvalue weighted by Crippen LogP contribution is 2.21. The van der Waals surface area contributed by atoms with Crippen molar-refractivity contribution >= 4 is 11.6 Å². The van der Waals surface area contributed by atoms with Crippen LogP contribution in [0.5, 0.6) is 0 Å². The molecule has 2 unspecified atom stereocenters. The molecule has 1 aliphatic rings. The number of anilines is 1. The number of carbonyl (C=O) groups excluding carboxylic acids is 1. The van der Waals surface area contributed by atoms with E-state index in [-0.39, 0.29) is 23.6 Å². The van der Waals surface area contributed by atoms with Gasteiger partial charge < -0.3 is 5.32 Å². The summed E-state index contributed by atoms with van der Waals surface area (Å²) < 4.78 is 40.2. The average Bonchev–Trinajstić information content (AvgIpc) is 2.82. The number of nitrogens with zero attached hydrogens (tertiary/aromatic N) is 2. The maximum absolute atomic E-state index is 13.5.